The molecule has 3 nitrogen and oxygen atoms in total. The van der Waals surface area contributed by atoms with E-state index in [1.165, 1.54) is 5.56 Å². The number of anilines is 1. The summed E-state index contributed by atoms with van der Waals surface area (Å²) in [5.41, 5.74) is 2.37. The molecular weight excluding hydrogens is 236 g/mol. The molecule has 1 aliphatic rings. The first-order chi connectivity index (χ1) is 9.25. The number of hydrogen-bond donors (Lipinski definition) is 0. The van der Waals surface area contributed by atoms with Crippen LogP contribution in [0.1, 0.15) is 18.9 Å². The number of fused-ring (bicyclic) bond motifs is 1. The maximum absolute atomic E-state index is 12.4. The van der Waals surface area contributed by atoms with Crippen LogP contribution in [0.2, 0.25) is 0 Å². The second-order valence-corrected chi connectivity index (χ2v) is 5.12. The lowest BCUT2D eigenvalue weighted by molar-refractivity contribution is -0.119. The van der Waals surface area contributed by atoms with E-state index in [9.17, 15) is 4.79 Å². The first kappa shape index (κ1) is 12.0. The van der Waals surface area contributed by atoms with Crippen LogP contribution in [0.5, 0.6) is 0 Å². The molecule has 0 bridgehead atoms. The van der Waals surface area contributed by atoms with Gasteiger partial charge in [0.1, 0.15) is 0 Å². The van der Waals surface area contributed by atoms with E-state index in [0.29, 0.717) is 6.42 Å². The van der Waals surface area contributed by atoms with Crippen LogP contribution in [-0.2, 0) is 17.8 Å². The van der Waals surface area contributed by atoms with E-state index in [4.69, 9.17) is 0 Å². The molecule has 0 saturated carbocycles. The maximum atomic E-state index is 12.4. The molecule has 1 atom stereocenters. The molecule has 98 valence electrons. The zero-order valence-electron chi connectivity index (χ0n) is 11.1. The lowest BCUT2D eigenvalue weighted by atomic mass is 10.1. The van der Waals surface area contributed by atoms with E-state index in [2.05, 4.69) is 13.0 Å². The summed E-state index contributed by atoms with van der Waals surface area (Å²) in [6.45, 7) is 2.87. The van der Waals surface area contributed by atoms with Crippen LogP contribution < -0.4 is 4.90 Å². The molecule has 2 aromatic rings. The smallest absolute Gasteiger partial charge is 0.229 e. The second-order valence-electron chi connectivity index (χ2n) is 5.12. The van der Waals surface area contributed by atoms with E-state index in [0.717, 1.165) is 18.7 Å². The van der Waals surface area contributed by atoms with Crippen molar-refractivity contribution < 1.29 is 4.79 Å². The summed E-state index contributed by atoms with van der Waals surface area (Å²) in [5, 5.41) is 0. The number of carbonyl (C=O) groups is 1. The monoisotopic (exact) mass is 254 g/mol. The number of nitrogens with zero attached hydrogens (tertiary/aromatic N) is 2. The number of carbonyl (C=O) groups excluding carboxylic acids is 1. The Bertz CT molecular complexity index is 574. The van der Waals surface area contributed by atoms with Crippen molar-refractivity contribution in [3.63, 3.8) is 0 Å². The highest BCUT2D eigenvalue weighted by Gasteiger charge is 2.29. The van der Waals surface area contributed by atoms with Crippen molar-refractivity contribution in [2.45, 2.75) is 32.4 Å². The van der Waals surface area contributed by atoms with Crippen molar-refractivity contribution in [3.8, 4) is 0 Å². The van der Waals surface area contributed by atoms with Crippen molar-refractivity contribution in [2.24, 2.45) is 0 Å². The van der Waals surface area contributed by atoms with Crippen LogP contribution in [0.25, 0.3) is 0 Å². The number of benzene rings is 1. The Kier molecular flexibility index (Phi) is 3.11. The number of aryl methyl sites for hydroxylation is 1. The average Bonchev–Trinajstić information content (AvgIpc) is 3.02. The molecule has 0 N–H and O–H groups in total. The molecule has 0 saturated heterocycles. The Hall–Kier alpha value is -2.03. The van der Waals surface area contributed by atoms with Crippen LogP contribution in [0.3, 0.4) is 0 Å². The second kappa shape index (κ2) is 4.92. The van der Waals surface area contributed by atoms with Gasteiger partial charge in [0.2, 0.25) is 5.91 Å². The number of amides is 1. The minimum atomic E-state index is 0.214. The maximum Gasteiger partial charge on any atom is 0.229 e. The van der Waals surface area contributed by atoms with Gasteiger partial charge in [0, 0.05) is 37.1 Å². The average molecular weight is 254 g/mol. The van der Waals surface area contributed by atoms with E-state index in [1.807, 2.05) is 52.2 Å². The zero-order chi connectivity index (χ0) is 13.2. The quantitative estimate of drug-likeness (QED) is 0.826. The molecule has 0 fully saturated rings. The Labute approximate surface area is 113 Å². The summed E-state index contributed by atoms with van der Waals surface area (Å²) in [5.74, 6) is 0.214. The molecule has 3 heteroatoms. The minimum absolute atomic E-state index is 0.214. The largest absolute Gasteiger partial charge is 0.354 e. The summed E-state index contributed by atoms with van der Waals surface area (Å²) in [4.78, 5) is 14.4. The molecule has 0 spiro atoms. The van der Waals surface area contributed by atoms with E-state index < -0.39 is 0 Å². The van der Waals surface area contributed by atoms with Crippen molar-refractivity contribution in [3.05, 3.63) is 54.4 Å². The molecule has 1 aromatic carbocycles. The van der Waals surface area contributed by atoms with Crippen molar-refractivity contribution in [1.82, 2.24) is 4.57 Å². The first-order valence-corrected chi connectivity index (χ1v) is 6.76. The third-order valence-electron chi connectivity index (χ3n) is 3.73. The first-order valence-electron chi connectivity index (χ1n) is 6.76. The van der Waals surface area contributed by atoms with Gasteiger partial charge in [0.25, 0.3) is 0 Å². The summed E-state index contributed by atoms with van der Waals surface area (Å²) in [6.07, 6.45) is 5.50. The normalized spacial score (nSPS) is 17.5. The van der Waals surface area contributed by atoms with Crippen molar-refractivity contribution >= 4 is 11.6 Å². The molecule has 3 rings (SSSR count). The number of aromatic nitrogens is 1. The van der Waals surface area contributed by atoms with Gasteiger partial charge in [0.15, 0.2) is 0 Å². The molecule has 2 heterocycles. The van der Waals surface area contributed by atoms with Gasteiger partial charge >= 0.3 is 0 Å². The Morgan fingerprint density at radius 2 is 1.95 bits per heavy atom. The molecule has 1 aliphatic heterocycles. The third kappa shape index (κ3) is 2.28. The molecule has 1 aromatic heterocycles. The van der Waals surface area contributed by atoms with Crippen LogP contribution >= 0.6 is 0 Å². The lowest BCUT2D eigenvalue weighted by Gasteiger charge is -2.22. The van der Waals surface area contributed by atoms with Crippen LogP contribution in [0, 0.1) is 0 Å². The van der Waals surface area contributed by atoms with Gasteiger partial charge in [0.05, 0.1) is 0 Å². The van der Waals surface area contributed by atoms with E-state index in [-0.39, 0.29) is 11.9 Å². The number of para-hydroxylation sites is 1. The highest BCUT2D eigenvalue weighted by Crippen LogP contribution is 2.32. The Morgan fingerprint density at radius 3 is 2.74 bits per heavy atom. The molecule has 0 aliphatic carbocycles. The molecule has 1 unspecified atom stereocenters. The summed E-state index contributed by atoms with van der Waals surface area (Å²) in [7, 11) is 0. The predicted octanol–water partition coefficient (Wildman–Crippen LogP) is 2.86. The summed E-state index contributed by atoms with van der Waals surface area (Å²) in [6, 6.07) is 12.4. The fourth-order valence-corrected chi connectivity index (χ4v) is 2.81. The van der Waals surface area contributed by atoms with Crippen LogP contribution in [0.15, 0.2) is 48.8 Å². The predicted molar refractivity (Wildman–Crippen MR) is 76.1 cm³/mol. The van der Waals surface area contributed by atoms with Crippen molar-refractivity contribution in [2.75, 3.05) is 4.90 Å². The van der Waals surface area contributed by atoms with Gasteiger partial charge in [-0.1, -0.05) is 18.2 Å². The van der Waals surface area contributed by atoms with Crippen molar-refractivity contribution in [1.29, 1.82) is 0 Å². The SMILES string of the molecule is CC1Cc2ccccc2N1C(=O)CCn1cccc1. The molecule has 1 amide bonds. The number of hydrogen-bond acceptors (Lipinski definition) is 1. The number of rotatable bonds is 3. The highest BCUT2D eigenvalue weighted by molar-refractivity contribution is 5.96. The fraction of sp³-hybridized carbons (Fsp3) is 0.312. The van der Waals surface area contributed by atoms with E-state index >= 15 is 0 Å². The molecule has 19 heavy (non-hydrogen) atoms. The Morgan fingerprint density at radius 1 is 1.21 bits per heavy atom. The van der Waals surface area contributed by atoms with Gasteiger partial charge in [-0.15, -0.1) is 0 Å². The lowest BCUT2D eigenvalue weighted by Crippen LogP contribution is -2.36. The zero-order valence-corrected chi connectivity index (χ0v) is 11.1. The van der Waals surface area contributed by atoms with E-state index in [1.54, 1.807) is 0 Å². The van der Waals surface area contributed by atoms with Gasteiger partial charge in [-0.2, -0.15) is 0 Å². The highest BCUT2D eigenvalue weighted by atomic mass is 16.2. The minimum Gasteiger partial charge on any atom is -0.354 e. The van der Waals surface area contributed by atoms with Gasteiger partial charge in [-0.3, -0.25) is 4.79 Å². The fourth-order valence-electron chi connectivity index (χ4n) is 2.81. The van der Waals surface area contributed by atoms with Gasteiger partial charge in [-0.25, -0.2) is 0 Å². The standard InChI is InChI=1S/C16H18N2O/c1-13-12-14-6-2-3-7-15(14)18(13)16(19)8-11-17-9-4-5-10-17/h2-7,9-10,13H,8,11-12H2,1H3. The van der Waals surface area contributed by atoms with Gasteiger partial charge < -0.3 is 9.47 Å². The summed E-state index contributed by atoms with van der Waals surface area (Å²) >= 11 is 0. The summed E-state index contributed by atoms with van der Waals surface area (Å²) < 4.78 is 2.05. The molecular formula is C16H18N2O. The van der Waals surface area contributed by atoms with Crippen LogP contribution in [0.4, 0.5) is 5.69 Å². The van der Waals surface area contributed by atoms with Gasteiger partial charge in [-0.05, 0) is 37.1 Å². The van der Waals surface area contributed by atoms with Crippen LogP contribution in [-0.4, -0.2) is 16.5 Å². The Balaban J connectivity index is 1.73. The molecule has 0 radical (unpaired) electrons. The topological polar surface area (TPSA) is 25.2 Å². The third-order valence-corrected chi connectivity index (χ3v) is 3.73.